The van der Waals surface area contributed by atoms with E-state index in [2.05, 4.69) is 0 Å². The number of imide groups is 1. The lowest BCUT2D eigenvalue weighted by atomic mass is 9.73. The summed E-state index contributed by atoms with van der Waals surface area (Å²) < 4.78 is 5.28. The van der Waals surface area contributed by atoms with Gasteiger partial charge in [0.25, 0.3) is 17.1 Å². The number of amides is 3. The van der Waals surface area contributed by atoms with E-state index in [-0.39, 0.29) is 34.8 Å². The van der Waals surface area contributed by atoms with E-state index in [0.29, 0.717) is 5.56 Å². The molecule has 3 aromatic rings. The van der Waals surface area contributed by atoms with Crippen LogP contribution in [0.4, 0.5) is 16.2 Å². The van der Waals surface area contributed by atoms with Crippen molar-refractivity contribution >= 4 is 40.6 Å². The Morgan fingerprint density at radius 2 is 1.51 bits per heavy atom. The molecule has 0 radical (unpaired) electrons. The lowest BCUT2D eigenvalue weighted by Gasteiger charge is -2.45. The van der Waals surface area contributed by atoms with Gasteiger partial charge in [0.15, 0.2) is 0 Å². The smallest absolute Gasteiger partial charge is 0.347 e. The van der Waals surface area contributed by atoms with Gasteiger partial charge in [-0.05, 0) is 36.8 Å². The second-order valence-electron chi connectivity index (χ2n) is 8.25. The summed E-state index contributed by atoms with van der Waals surface area (Å²) in [5.41, 5.74) is -1.90. The molecule has 1 unspecified atom stereocenters. The fourth-order valence-corrected chi connectivity index (χ4v) is 4.66. The van der Waals surface area contributed by atoms with Crippen LogP contribution in [0.25, 0.3) is 5.57 Å². The van der Waals surface area contributed by atoms with Gasteiger partial charge < -0.3 is 4.74 Å². The average Bonchev–Trinajstić information content (AvgIpc) is 3.08. The molecule has 184 valence electrons. The molecule has 3 aromatic carbocycles. The summed E-state index contributed by atoms with van der Waals surface area (Å²) in [6.45, 7) is 1.51. The molecule has 0 saturated carbocycles. The molecule has 0 spiro atoms. The number of allylic oxidation sites excluding steroid dienone is 1. The number of esters is 1. The van der Waals surface area contributed by atoms with E-state index in [0.717, 1.165) is 9.80 Å². The molecule has 1 fully saturated rings. The molecule has 10 nitrogen and oxygen atoms in total. The van der Waals surface area contributed by atoms with Crippen LogP contribution in [-0.4, -0.2) is 45.7 Å². The molecule has 0 N–H and O–H groups in total. The van der Waals surface area contributed by atoms with Crippen LogP contribution >= 0.6 is 0 Å². The minimum Gasteiger partial charge on any atom is -0.464 e. The third-order valence-electron chi connectivity index (χ3n) is 6.26. The van der Waals surface area contributed by atoms with Crippen LogP contribution in [0.3, 0.4) is 0 Å². The Morgan fingerprint density at radius 3 is 2.08 bits per heavy atom. The van der Waals surface area contributed by atoms with Crippen molar-refractivity contribution < 1.29 is 28.8 Å². The number of nitrogens with zero attached hydrogens (tertiary/aromatic N) is 3. The maximum atomic E-state index is 14.0. The zero-order valence-corrected chi connectivity index (χ0v) is 19.5. The Kier molecular flexibility index (Phi) is 5.63. The number of benzene rings is 3. The standard InChI is InChI=1S/C27H19N3O7/c1-2-37-25(33)27-21(17-9-5-3-6-10-17)22(23(31)18-13-15-20(16-14-18)30(35)36)29(27)26(34)28(24(27)32)19-11-7-4-8-12-19/h3-16H,2H2,1H3. The second kappa shape index (κ2) is 8.83. The van der Waals surface area contributed by atoms with Crippen molar-refractivity contribution in [2.24, 2.45) is 0 Å². The maximum Gasteiger partial charge on any atom is 0.347 e. The highest BCUT2D eigenvalue weighted by Crippen LogP contribution is 2.54. The first-order valence-electron chi connectivity index (χ1n) is 11.3. The van der Waals surface area contributed by atoms with Gasteiger partial charge in [-0.2, -0.15) is 0 Å². The fourth-order valence-electron chi connectivity index (χ4n) is 4.66. The molecule has 1 atom stereocenters. The molecule has 2 aliphatic rings. The number of carbonyl (C=O) groups excluding carboxylic acids is 4. The predicted octanol–water partition coefficient (Wildman–Crippen LogP) is 3.97. The van der Waals surface area contributed by atoms with Crippen molar-refractivity contribution in [3.05, 3.63) is 112 Å². The number of urea groups is 1. The number of hydrogen-bond donors (Lipinski definition) is 0. The Balaban J connectivity index is 1.74. The molecule has 1 saturated heterocycles. The summed E-state index contributed by atoms with van der Waals surface area (Å²) in [5, 5.41) is 11.1. The quantitative estimate of drug-likeness (QED) is 0.121. The third kappa shape index (κ3) is 3.33. The molecular formula is C27H19N3O7. The Bertz CT molecular complexity index is 1480. The molecule has 2 aliphatic heterocycles. The SMILES string of the molecule is CCOC(=O)C12C(=O)N(c3ccccc3)C(=O)N1C(C(=O)c1ccc([N+](=O)[O-])cc1)=C2c1ccccc1. The lowest BCUT2D eigenvalue weighted by molar-refractivity contribution is -0.384. The van der Waals surface area contributed by atoms with Crippen LogP contribution in [-0.2, 0) is 14.3 Å². The minimum absolute atomic E-state index is 0.0340. The summed E-state index contributed by atoms with van der Waals surface area (Å²) in [4.78, 5) is 67.1. The molecule has 0 aliphatic carbocycles. The van der Waals surface area contributed by atoms with E-state index in [1.807, 2.05) is 0 Å². The van der Waals surface area contributed by atoms with Crippen molar-refractivity contribution in [3.8, 4) is 0 Å². The largest absolute Gasteiger partial charge is 0.464 e. The highest BCUT2D eigenvalue weighted by atomic mass is 16.6. The highest BCUT2D eigenvalue weighted by molar-refractivity contribution is 6.42. The maximum absolute atomic E-state index is 14.0. The zero-order chi connectivity index (χ0) is 26.3. The first-order valence-corrected chi connectivity index (χ1v) is 11.3. The number of rotatable bonds is 7. The van der Waals surface area contributed by atoms with Crippen molar-refractivity contribution in [2.75, 3.05) is 11.5 Å². The lowest BCUT2D eigenvalue weighted by Crippen LogP contribution is -2.65. The summed E-state index contributed by atoms with van der Waals surface area (Å²) >= 11 is 0. The summed E-state index contributed by atoms with van der Waals surface area (Å²) in [6, 6.07) is 20.4. The Hall–Kier alpha value is -5.12. The van der Waals surface area contributed by atoms with Crippen LogP contribution < -0.4 is 4.90 Å². The number of Topliss-reactive ketones (excluding diaryl/α,β-unsaturated/α-hetero) is 1. The van der Waals surface area contributed by atoms with Crippen LogP contribution in [0.5, 0.6) is 0 Å². The first-order chi connectivity index (χ1) is 17.8. The van der Waals surface area contributed by atoms with Gasteiger partial charge in [0.05, 0.1) is 17.2 Å². The van der Waals surface area contributed by atoms with E-state index in [1.165, 1.54) is 24.3 Å². The highest BCUT2D eigenvalue weighted by Gasteiger charge is 2.74. The number of fused-ring (bicyclic) bond motifs is 1. The molecule has 0 bridgehead atoms. The normalized spacial score (nSPS) is 18.4. The number of para-hydroxylation sites is 1. The number of nitro groups is 1. The van der Waals surface area contributed by atoms with E-state index >= 15 is 0 Å². The van der Waals surface area contributed by atoms with Crippen molar-refractivity contribution in [1.29, 1.82) is 0 Å². The van der Waals surface area contributed by atoms with Crippen LogP contribution in [0.1, 0.15) is 22.8 Å². The first kappa shape index (κ1) is 23.6. The molecule has 2 heterocycles. The van der Waals surface area contributed by atoms with E-state index in [9.17, 15) is 29.3 Å². The van der Waals surface area contributed by atoms with Crippen molar-refractivity contribution in [1.82, 2.24) is 4.90 Å². The molecule has 37 heavy (non-hydrogen) atoms. The fraction of sp³-hybridized carbons (Fsp3) is 0.111. The van der Waals surface area contributed by atoms with Crippen LogP contribution in [0, 0.1) is 10.1 Å². The van der Waals surface area contributed by atoms with Gasteiger partial charge in [-0.15, -0.1) is 0 Å². The average molecular weight is 497 g/mol. The Morgan fingerprint density at radius 1 is 0.919 bits per heavy atom. The molecular weight excluding hydrogens is 478 g/mol. The second-order valence-corrected chi connectivity index (χ2v) is 8.25. The molecule has 3 amide bonds. The van der Waals surface area contributed by atoms with Gasteiger partial charge in [0.1, 0.15) is 5.70 Å². The van der Waals surface area contributed by atoms with Crippen LogP contribution in [0.2, 0.25) is 0 Å². The number of anilines is 1. The summed E-state index contributed by atoms with van der Waals surface area (Å²) in [7, 11) is 0. The number of carbonyl (C=O) groups is 4. The van der Waals surface area contributed by atoms with Gasteiger partial charge in [-0.1, -0.05) is 48.5 Å². The van der Waals surface area contributed by atoms with Crippen LogP contribution in [0.15, 0.2) is 90.6 Å². The molecule has 5 rings (SSSR count). The number of ether oxygens (including phenoxy) is 1. The zero-order valence-electron chi connectivity index (χ0n) is 19.5. The number of non-ortho nitro benzene ring substituents is 1. The van der Waals surface area contributed by atoms with E-state index in [1.54, 1.807) is 67.6 Å². The summed E-state index contributed by atoms with van der Waals surface area (Å²) in [5.74, 6) is -2.52. The van der Waals surface area contributed by atoms with Gasteiger partial charge in [-0.25, -0.2) is 14.5 Å². The topological polar surface area (TPSA) is 127 Å². The number of ketones is 1. The molecule has 10 heteroatoms. The van der Waals surface area contributed by atoms with Gasteiger partial charge in [0.2, 0.25) is 5.78 Å². The van der Waals surface area contributed by atoms with Gasteiger partial charge >= 0.3 is 12.0 Å². The third-order valence-corrected chi connectivity index (χ3v) is 6.26. The Labute approximate surface area is 210 Å². The monoisotopic (exact) mass is 497 g/mol. The van der Waals surface area contributed by atoms with Gasteiger partial charge in [0, 0.05) is 23.3 Å². The van der Waals surface area contributed by atoms with E-state index < -0.39 is 34.2 Å². The van der Waals surface area contributed by atoms with Crippen molar-refractivity contribution in [3.63, 3.8) is 0 Å². The van der Waals surface area contributed by atoms with Crippen molar-refractivity contribution in [2.45, 2.75) is 12.5 Å². The summed E-state index contributed by atoms with van der Waals surface area (Å²) in [6.07, 6.45) is 0. The van der Waals surface area contributed by atoms with E-state index in [4.69, 9.17) is 4.74 Å². The number of hydrogen-bond acceptors (Lipinski definition) is 7. The van der Waals surface area contributed by atoms with Gasteiger partial charge in [-0.3, -0.25) is 24.6 Å². The predicted molar refractivity (Wildman–Crippen MR) is 131 cm³/mol. The number of nitro benzene ring substituents is 1. The minimum atomic E-state index is -2.20. The molecule has 0 aromatic heterocycles.